The number of carboxylic acid groups (broad SMARTS) is 1. The van der Waals surface area contributed by atoms with Gasteiger partial charge in [0.15, 0.2) is 0 Å². The Labute approximate surface area is 199 Å². The summed E-state index contributed by atoms with van der Waals surface area (Å²) in [4.78, 5) is 50.0. The Bertz CT molecular complexity index is 862. The first-order chi connectivity index (χ1) is 16.1. The van der Waals surface area contributed by atoms with Gasteiger partial charge in [-0.25, -0.2) is 4.79 Å². The predicted molar refractivity (Wildman–Crippen MR) is 124 cm³/mol. The Kier molecular flexibility index (Phi) is 10.2. The normalized spacial score (nSPS) is 14.4. The van der Waals surface area contributed by atoms with E-state index in [2.05, 4.69) is 5.32 Å². The lowest BCUT2D eigenvalue weighted by atomic mass is 9.98. The summed E-state index contributed by atoms with van der Waals surface area (Å²) in [6.07, 6.45) is 1.54. The molecule has 1 heterocycles. The highest BCUT2D eigenvalue weighted by molar-refractivity contribution is 6.12. The molecule has 0 aromatic heterocycles. The van der Waals surface area contributed by atoms with E-state index in [1.165, 1.54) is 17.1 Å². The molecule has 0 saturated carbocycles. The number of hydrogen-bond acceptors (Lipinski definition) is 6. The number of hydrogen-bond donors (Lipinski definition) is 2. The maximum atomic E-state index is 12.9. The van der Waals surface area contributed by atoms with Gasteiger partial charge in [0.1, 0.15) is 6.04 Å². The lowest BCUT2D eigenvalue weighted by Gasteiger charge is -2.38. The van der Waals surface area contributed by atoms with Gasteiger partial charge in [-0.05, 0) is 26.3 Å². The Morgan fingerprint density at radius 2 is 1.59 bits per heavy atom. The third kappa shape index (κ3) is 8.27. The highest BCUT2D eigenvalue weighted by Crippen LogP contribution is 2.20. The second kappa shape index (κ2) is 12.9. The second-order valence-electron chi connectivity index (χ2n) is 8.71. The van der Waals surface area contributed by atoms with E-state index >= 15 is 0 Å². The largest absolute Gasteiger partial charge is 0.465 e. The molecule has 186 valence electrons. The van der Waals surface area contributed by atoms with E-state index < -0.39 is 23.6 Å². The molecule has 0 fully saturated rings. The zero-order valence-electron chi connectivity index (χ0n) is 19.9. The van der Waals surface area contributed by atoms with Gasteiger partial charge in [0.25, 0.3) is 11.8 Å². The minimum absolute atomic E-state index is 0.178. The van der Waals surface area contributed by atoms with Gasteiger partial charge in [-0.3, -0.25) is 24.2 Å². The highest BCUT2D eigenvalue weighted by atomic mass is 16.5. The fourth-order valence-electron chi connectivity index (χ4n) is 3.52. The van der Waals surface area contributed by atoms with Crippen molar-refractivity contribution in [1.29, 1.82) is 0 Å². The van der Waals surface area contributed by atoms with Crippen LogP contribution in [0, 0.1) is 0 Å². The van der Waals surface area contributed by atoms with Gasteiger partial charge in [0.05, 0.1) is 33.0 Å². The molecule has 0 saturated heterocycles. The van der Waals surface area contributed by atoms with Crippen LogP contribution in [0.1, 0.15) is 26.3 Å². The predicted octanol–water partition coefficient (Wildman–Crippen LogP) is 1.45. The fraction of sp³-hybridized carbons (Fsp3) is 0.500. The maximum absolute atomic E-state index is 12.9. The van der Waals surface area contributed by atoms with Gasteiger partial charge in [0, 0.05) is 30.7 Å². The number of nitrogens with one attached hydrogen (secondary N) is 1. The van der Waals surface area contributed by atoms with Gasteiger partial charge in [-0.15, -0.1) is 0 Å². The summed E-state index contributed by atoms with van der Waals surface area (Å²) >= 11 is 0. The van der Waals surface area contributed by atoms with Crippen LogP contribution in [-0.4, -0.2) is 89.8 Å². The molecule has 4 amide bonds. The Morgan fingerprint density at radius 1 is 1.00 bits per heavy atom. The lowest BCUT2D eigenvalue weighted by Crippen LogP contribution is -2.57. The standard InChI is InChI=1S/C24H33N3O7/c1-24(2,3)27(23(31)32)19(17-18-7-5-4-6-8-18)22(30)25-11-13-33-15-16-34-14-12-26-20(28)9-10-21(26)29/h4-10,19H,11-17H2,1-3H3,(H,25,30)(H,31,32). The molecule has 0 aliphatic carbocycles. The minimum Gasteiger partial charge on any atom is -0.465 e. The van der Waals surface area contributed by atoms with E-state index in [1.54, 1.807) is 20.8 Å². The van der Waals surface area contributed by atoms with Crippen molar-refractivity contribution in [2.24, 2.45) is 0 Å². The summed E-state index contributed by atoms with van der Waals surface area (Å²) in [7, 11) is 0. The van der Waals surface area contributed by atoms with Crippen LogP contribution < -0.4 is 5.32 Å². The van der Waals surface area contributed by atoms with Crippen molar-refractivity contribution in [3.8, 4) is 0 Å². The van der Waals surface area contributed by atoms with Crippen molar-refractivity contribution in [3.05, 3.63) is 48.0 Å². The highest BCUT2D eigenvalue weighted by Gasteiger charge is 2.37. The van der Waals surface area contributed by atoms with Crippen LogP contribution in [0.3, 0.4) is 0 Å². The number of benzene rings is 1. The molecule has 1 aromatic carbocycles. The van der Waals surface area contributed by atoms with Gasteiger partial charge in [0.2, 0.25) is 5.91 Å². The van der Waals surface area contributed by atoms with E-state index in [0.717, 1.165) is 10.5 Å². The second-order valence-corrected chi connectivity index (χ2v) is 8.71. The number of carbonyl (C=O) groups is 4. The van der Waals surface area contributed by atoms with Crippen LogP contribution in [0.5, 0.6) is 0 Å². The Balaban J connectivity index is 1.74. The van der Waals surface area contributed by atoms with Crippen molar-refractivity contribution in [3.63, 3.8) is 0 Å². The molecule has 0 radical (unpaired) electrons. The van der Waals surface area contributed by atoms with E-state index in [1.807, 2.05) is 30.3 Å². The number of rotatable bonds is 13. The number of ether oxygens (including phenoxy) is 2. The van der Waals surface area contributed by atoms with E-state index in [-0.39, 0.29) is 57.8 Å². The van der Waals surface area contributed by atoms with E-state index in [4.69, 9.17) is 9.47 Å². The summed E-state index contributed by atoms with van der Waals surface area (Å²) in [5.41, 5.74) is 0.0937. The number of carbonyl (C=O) groups excluding carboxylic acids is 3. The molecule has 1 atom stereocenters. The monoisotopic (exact) mass is 475 g/mol. The first kappa shape index (κ1) is 27.0. The average molecular weight is 476 g/mol. The fourth-order valence-corrected chi connectivity index (χ4v) is 3.52. The van der Waals surface area contributed by atoms with Crippen LogP contribution in [0.2, 0.25) is 0 Å². The maximum Gasteiger partial charge on any atom is 0.408 e. The quantitative estimate of drug-likeness (QED) is 0.327. The molecule has 1 aliphatic rings. The van der Waals surface area contributed by atoms with Gasteiger partial charge in [-0.2, -0.15) is 0 Å². The topological polar surface area (TPSA) is 125 Å². The van der Waals surface area contributed by atoms with Crippen molar-refractivity contribution in [1.82, 2.24) is 15.1 Å². The molecule has 2 rings (SSSR count). The molecular formula is C24H33N3O7. The summed E-state index contributed by atoms with van der Waals surface area (Å²) in [5, 5.41) is 12.5. The van der Waals surface area contributed by atoms with Crippen LogP contribution in [0.15, 0.2) is 42.5 Å². The van der Waals surface area contributed by atoms with Crippen molar-refractivity contribution < 1.29 is 33.8 Å². The molecule has 10 nitrogen and oxygen atoms in total. The molecule has 1 aromatic rings. The zero-order valence-corrected chi connectivity index (χ0v) is 19.9. The van der Waals surface area contributed by atoms with Gasteiger partial charge >= 0.3 is 6.09 Å². The molecular weight excluding hydrogens is 442 g/mol. The molecule has 2 N–H and O–H groups in total. The number of nitrogens with zero attached hydrogens (tertiary/aromatic N) is 2. The lowest BCUT2D eigenvalue weighted by molar-refractivity contribution is -0.137. The first-order valence-corrected chi connectivity index (χ1v) is 11.1. The smallest absolute Gasteiger partial charge is 0.408 e. The van der Waals surface area contributed by atoms with Gasteiger partial charge < -0.3 is 19.9 Å². The molecule has 10 heteroatoms. The first-order valence-electron chi connectivity index (χ1n) is 11.1. The summed E-state index contributed by atoms with van der Waals surface area (Å²) in [6, 6.07) is 8.38. The zero-order chi connectivity index (χ0) is 25.1. The van der Waals surface area contributed by atoms with Crippen LogP contribution in [-0.2, 0) is 30.3 Å². The van der Waals surface area contributed by atoms with Crippen molar-refractivity contribution in [2.45, 2.75) is 38.8 Å². The molecule has 1 unspecified atom stereocenters. The number of amides is 4. The SMILES string of the molecule is CC(C)(C)N(C(=O)O)C(Cc1ccccc1)C(=O)NCCOCCOCCN1C(=O)C=CC1=O. The van der Waals surface area contributed by atoms with E-state index in [0.29, 0.717) is 0 Å². The summed E-state index contributed by atoms with van der Waals surface area (Å²) < 4.78 is 10.8. The third-order valence-electron chi connectivity index (χ3n) is 5.09. The molecule has 0 bridgehead atoms. The van der Waals surface area contributed by atoms with Crippen LogP contribution >= 0.6 is 0 Å². The summed E-state index contributed by atoms with van der Waals surface area (Å²) in [5.74, 6) is -1.09. The Hall–Kier alpha value is -3.24. The van der Waals surface area contributed by atoms with E-state index in [9.17, 15) is 24.3 Å². The molecule has 1 aliphatic heterocycles. The third-order valence-corrected chi connectivity index (χ3v) is 5.09. The van der Waals surface area contributed by atoms with Crippen molar-refractivity contribution in [2.75, 3.05) is 39.5 Å². The van der Waals surface area contributed by atoms with Crippen LogP contribution in [0.25, 0.3) is 0 Å². The Morgan fingerprint density at radius 3 is 2.15 bits per heavy atom. The minimum atomic E-state index is -1.16. The molecule has 0 spiro atoms. The summed E-state index contributed by atoms with van der Waals surface area (Å²) in [6.45, 7) is 6.62. The average Bonchev–Trinajstić information content (AvgIpc) is 3.08. The van der Waals surface area contributed by atoms with Crippen molar-refractivity contribution >= 4 is 23.8 Å². The van der Waals surface area contributed by atoms with Gasteiger partial charge in [-0.1, -0.05) is 30.3 Å². The molecule has 34 heavy (non-hydrogen) atoms. The number of imide groups is 1. The van der Waals surface area contributed by atoms with Crippen LogP contribution in [0.4, 0.5) is 4.79 Å².